The topological polar surface area (TPSA) is 68.0 Å². The molecule has 0 saturated heterocycles. The van der Waals surface area contributed by atoms with Crippen LogP contribution < -0.4 is 11.1 Å². The maximum absolute atomic E-state index is 11.8. The van der Waals surface area contributed by atoms with E-state index in [9.17, 15) is 4.79 Å². The second-order valence-electron chi connectivity index (χ2n) is 4.40. The first-order chi connectivity index (χ1) is 7.35. The highest BCUT2D eigenvalue weighted by Crippen LogP contribution is 2.12. The number of pyridine rings is 1. The van der Waals surface area contributed by atoms with Gasteiger partial charge in [0.25, 0.3) is 0 Å². The van der Waals surface area contributed by atoms with Crippen LogP contribution in [0.1, 0.15) is 31.5 Å². The van der Waals surface area contributed by atoms with Crippen molar-refractivity contribution < 1.29 is 4.79 Å². The Morgan fingerprint density at radius 3 is 2.62 bits per heavy atom. The van der Waals surface area contributed by atoms with Gasteiger partial charge in [-0.2, -0.15) is 0 Å². The molecule has 4 nitrogen and oxygen atoms in total. The smallest absolute Gasteiger partial charge is 0.245 e. The quantitative estimate of drug-likeness (QED) is 0.817. The zero-order valence-corrected chi connectivity index (χ0v) is 10.3. The molecule has 0 bridgehead atoms. The van der Waals surface area contributed by atoms with E-state index in [4.69, 9.17) is 5.73 Å². The number of rotatable bonds is 3. The van der Waals surface area contributed by atoms with Gasteiger partial charge in [-0.25, -0.2) is 4.98 Å². The largest absolute Gasteiger partial charge is 0.318 e. The summed E-state index contributed by atoms with van der Waals surface area (Å²) in [5, 5.41) is 2.74. The van der Waals surface area contributed by atoms with E-state index in [2.05, 4.69) is 10.3 Å². The third kappa shape index (κ3) is 3.03. The molecule has 0 fully saturated rings. The fourth-order valence-electron chi connectivity index (χ4n) is 1.33. The zero-order valence-electron chi connectivity index (χ0n) is 10.3. The van der Waals surface area contributed by atoms with Crippen molar-refractivity contribution in [1.29, 1.82) is 0 Å². The lowest BCUT2D eigenvalue weighted by molar-refractivity contribution is -0.120. The Kier molecular flexibility index (Phi) is 3.65. The minimum atomic E-state index is -0.848. The fraction of sp³-hybridized carbons (Fsp3) is 0.500. The van der Waals surface area contributed by atoms with Crippen LogP contribution in [0.5, 0.6) is 0 Å². The van der Waals surface area contributed by atoms with Crippen LogP contribution in [0.15, 0.2) is 12.1 Å². The van der Waals surface area contributed by atoms with Crippen LogP contribution in [0.2, 0.25) is 0 Å². The van der Waals surface area contributed by atoms with Gasteiger partial charge in [0.05, 0.1) is 5.54 Å². The second-order valence-corrected chi connectivity index (χ2v) is 4.40. The summed E-state index contributed by atoms with van der Waals surface area (Å²) in [6.07, 6.45) is 0.587. The number of anilines is 1. The highest BCUT2D eigenvalue weighted by molar-refractivity contribution is 5.96. The molecule has 3 N–H and O–H groups in total. The van der Waals surface area contributed by atoms with Gasteiger partial charge in [0.2, 0.25) is 5.91 Å². The van der Waals surface area contributed by atoms with Gasteiger partial charge in [-0.3, -0.25) is 4.79 Å². The first kappa shape index (κ1) is 12.6. The Morgan fingerprint density at radius 2 is 2.12 bits per heavy atom. The van der Waals surface area contributed by atoms with Crippen LogP contribution in [0.3, 0.4) is 0 Å². The van der Waals surface area contributed by atoms with Gasteiger partial charge in [-0.15, -0.1) is 0 Å². The molecule has 0 aliphatic carbocycles. The van der Waals surface area contributed by atoms with Crippen molar-refractivity contribution in [3.05, 3.63) is 23.4 Å². The summed E-state index contributed by atoms with van der Waals surface area (Å²) >= 11 is 0. The summed E-state index contributed by atoms with van der Waals surface area (Å²) in [6, 6.07) is 3.79. The molecule has 16 heavy (non-hydrogen) atoms. The molecule has 1 amide bonds. The molecule has 0 spiro atoms. The van der Waals surface area contributed by atoms with Gasteiger partial charge in [0.15, 0.2) is 0 Å². The molecule has 1 unspecified atom stereocenters. The molecular weight excluding hydrogens is 202 g/mol. The molecule has 4 heteroatoms. The van der Waals surface area contributed by atoms with E-state index in [1.807, 2.05) is 32.9 Å². The van der Waals surface area contributed by atoms with Crippen molar-refractivity contribution in [3.63, 3.8) is 0 Å². The number of nitrogens with two attached hydrogens (primary N) is 1. The monoisotopic (exact) mass is 221 g/mol. The molecule has 88 valence electrons. The Hall–Kier alpha value is -1.42. The zero-order chi connectivity index (χ0) is 12.3. The molecule has 1 rings (SSSR count). The average Bonchev–Trinajstić information content (AvgIpc) is 2.15. The van der Waals surface area contributed by atoms with Crippen LogP contribution in [-0.2, 0) is 4.79 Å². The molecule has 0 aliphatic rings. The first-order valence-electron chi connectivity index (χ1n) is 5.41. The third-order valence-electron chi connectivity index (χ3n) is 2.59. The minimum absolute atomic E-state index is 0.201. The fourth-order valence-corrected chi connectivity index (χ4v) is 1.33. The first-order valence-corrected chi connectivity index (χ1v) is 5.41. The standard InChI is InChI=1S/C12H19N3O/c1-5-12(4,13)11(16)15-10-7-8(2)6-9(3)14-10/h6-7H,5,13H2,1-4H3,(H,14,15,16). The molecule has 1 aromatic heterocycles. The summed E-state index contributed by atoms with van der Waals surface area (Å²) in [6.45, 7) is 7.45. The van der Waals surface area contributed by atoms with E-state index in [0.717, 1.165) is 11.3 Å². The average molecular weight is 221 g/mol. The number of aryl methyl sites for hydroxylation is 2. The van der Waals surface area contributed by atoms with Gasteiger partial charge >= 0.3 is 0 Å². The number of hydrogen-bond acceptors (Lipinski definition) is 3. The number of carbonyl (C=O) groups excluding carboxylic acids is 1. The molecule has 1 heterocycles. The highest BCUT2D eigenvalue weighted by Gasteiger charge is 2.26. The second kappa shape index (κ2) is 4.61. The number of nitrogens with zero attached hydrogens (tertiary/aromatic N) is 1. The summed E-state index contributed by atoms with van der Waals surface area (Å²) in [7, 11) is 0. The Labute approximate surface area is 96.3 Å². The summed E-state index contributed by atoms with van der Waals surface area (Å²) in [5.74, 6) is 0.361. The molecule has 0 aliphatic heterocycles. The predicted octanol–water partition coefficient (Wildman–Crippen LogP) is 1.76. The molecule has 0 saturated carbocycles. The van der Waals surface area contributed by atoms with Gasteiger partial charge in [-0.1, -0.05) is 6.92 Å². The van der Waals surface area contributed by atoms with Crippen LogP contribution in [0, 0.1) is 13.8 Å². The van der Waals surface area contributed by atoms with Crippen molar-refractivity contribution in [2.45, 2.75) is 39.7 Å². The molecular formula is C12H19N3O. The van der Waals surface area contributed by atoms with Gasteiger partial charge in [0, 0.05) is 5.69 Å². The maximum Gasteiger partial charge on any atom is 0.245 e. The normalized spacial score (nSPS) is 14.3. The van der Waals surface area contributed by atoms with E-state index in [1.165, 1.54) is 0 Å². The molecule has 0 radical (unpaired) electrons. The van der Waals surface area contributed by atoms with Crippen molar-refractivity contribution >= 4 is 11.7 Å². The van der Waals surface area contributed by atoms with E-state index < -0.39 is 5.54 Å². The Morgan fingerprint density at radius 1 is 1.50 bits per heavy atom. The molecule has 1 atom stereocenters. The lowest BCUT2D eigenvalue weighted by Crippen LogP contribution is -2.47. The Bertz CT molecular complexity index is 379. The third-order valence-corrected chi connectivity index (χ3v) is 2.59. The van der Waals surface area contributed by atoms with Crippen LogP contribution in [0.4, 0.5) is 5.82 Å². The van der Waals surface area contributed by atoms with Crippen molar-refractivity contribution in [1.82, 2.24) is 4.98 Å². The van der Waals surface area contributed by atoms with Crippen molar-refractivity contribution in [2.75, 3.05) is 5.32 Å². The summed E-state index contributed by atoms with van der Waals surface area (Å²) < 4.78 is 0. The number of nitrogens with one attached hydrogen (secondary N) is 1. The van der Waals surface area contributed by atoms with Crippen LogP contribution in [0.25, 0.3) is 0 Å². The highest BCUT2D eigenvalue weighted by atomic mass is 16.2. The van der Waals surface area contributed by atoms with Crippen LogP contribution in [-0.4, -0.2) is 16.4 Å². The van der Waals surface area contributed by atoms with E-state index in [1.54, 1.807) is 6.92 Å². The SMILES string of the molecule is CCC(C)(N)C(=O)Nc1cc(C)cc(C)n1. The van der Waals surface area contributed by atoms with E-state index in [-0.39, 0.29) is 5.91 Å². The van der Waals surface area contributed by atoms with E-state index >= 15 is 0 Å². The number of amides is 1. The predicted molar refractivity (Wildman–Crippen MR) is 65.2 cm³/mol. The van der Waals surface area contributed by atoms with E-state index in [0.29, 0.717) is 12.2 Å². The van der Waals surface area contributed by atoms with Crippen molar-refractivity contribution in [3.8, 4) is 0 Å². The summed E-state index contributed by atoms with van der Waals surface area (Å²) in [4.78, 5) is 16.0. The lowest BCUT2D eigenvalue weighted by Gasteiger charge is -2.21. The van der Waals surface area contributed by atoms with Crippen molar-refractivity contribution in [2.24, 2.45) is 5.73 Å². The van der Waals surface area contributed by atoms with Gasteiger partial charge in [0.1, 0.15) is 5.82 Å². The number of aromatic nitrogens is 1. The maximum atomic E-state index is 11.8. The van der Waals surface area contributed by atoms with Gasteiger partial charge < -0.3 is 11.1 Å². The number of hydrogen-bond donors (Lipinski definition) is 2. The minimum Gasteiger partial charge on any atom is -0.318 e. The van der Waals surface area contributed by atoms with Gasteiger partial charge in [-0.05, 0) is 44.9 Å². The lowest BCUT2D eigenvalue weighted by atomic mass is 9.99. The van der Waals surface area contributed by atoms with Crippen LogP contribution >= 0.6 is 0 Å². The number of carbonyl (C=O) groups is 1. The Balaban J connectivity index is 2.85. The molecule has 0 aromatic carbocycles. The molecule has 1 aromatic rings. The summed E-state index contributed by atoms with van der Waals surface area (Å²) in [5.41, 5.74) is 6.94.